The van der Waals surface area contributed by atoms with Gasteiger partial charge in [-0.1, -0.05) is 0 Å². The normalized spacial score (nSPS) is 17.6. The monoisotopic (exact) mass is 292 g/mol. The van der Waals surface area contributed by atoms with Gasteiger partial charge >= 0.3 is 12.1 Å². The van der Waals surface area contributed by atoms with E-state index in [1.165, 1.54) is 0 Å². The minimum absolute atomic E-state index is 0.0981. The van der Waals surface area contributed by atoms with Crippen molar-refractivity contribution >= 4 is 5.97 Å². The van der Waals surface area contributed by atoms with Crippen LogP contribution in [0.3, 0.4) is 0 Å². The van der Waals surface area contributed by atoms with Gasteiger partial charge in [-0.15, -0.1) is 10.2 Å². The zero-order valence-electron chi connectivity index (χ0n) is 11.1. The van der Waals surface area contributed by atoms with Gasteiger partial charge in [0.15, 0.2) is 0 Å². The van der Waals surface area contributed by atoms with Gasteiger partial charge < -0.3 is 9.30 Å². The Kier molecular flexibility index (Phi) is 3.98. The standard InChI is InChI=1S/C11H15F3N4O2/c1-3-20-9(19)7(2)17-4-5-18-8(6-17)15-16-10(18)11(12,13)14/h7H,3-6H2,1-2H3. The lowest BCUT2D eigenvalue weighted by molar-refractivity contribution is -0.151. The molecule has 0 radical (unpaired) electrons. The van der Waals surface area contributed by atoms with E-state index < -0.39 is 24.0 Å². The SMILES string of the molecule is CCOC(=O)C(C)N1CCn2c(nnc2C(F)(F)F)C1. The van der Waals surface area contributed by atoms with E-state index in [9.17, 15) is 18.0 Å². The minimum Gasteiger partial charge on any atom is -0.465 e. The topological polar surface area (TPSA) is 60.2 Å². The molecule has 0 bridgehead atoms. The van der Waals surface area contributed by atoms with E-state index in [0.717, 1.165) is 4.57 Å². The molecule has 2 heterocycles. The summed E-state index contributed by atoms with van der Waals surface area (Å²) in [7, 11) is 0. The number of ether oxygens (including phenoxy) is 1. The molecule has 0 fully saturated rings. The van der Waals surface area contributed by atoms with E-state index in [1.807, 2.05) is 0 Å². The highest BCUT2D eigenvalue weighted by molar-refractivity contribution is 5.75. The Labute approximate surface area is 113 Å². The van der Waals surface area contributed by atoms with Crippen molar-refractivity contribution in [2.24, 2.45) is 0 Å². The molecule has 0 saturated carbocycles. The number of aromatic nitrogens is 3. The average Bonchev–Trinajstić information content (AvgIpc) is 2.80. The molecule has 1 aromatic heterocycles. The van der Waals surface area contributed by atoms with Crippen LogP contribution in [0.5, 0.6) is 0 Å². The molecule has 1 atom stereocenters. The average molecular weight is 292 g/mol. The van der Waals surface area contributed by atoms with Crippen LogP contribution in [0.1, 0.15) is 25.5 Å². The minimum atomic E-state index is -4.51. The van der Waals surface area contributed by atoms with Gasteiger partial charge in [-0.05, 0) is 13.8 Å². The Morgan fingerprint density at radius 1 is 1.40 bits per heavy atom. The number of halogens is 3. The third kappa shape index (κ3) is 2.77. The van der Waals surface area contributed by atoms with Crippen LogP contribution < -0.4 is 0 Å². The highest BCUT2D eigenvalue weighted by Gasteiger charge is 2.40. The summed E-state index contributed by atoms with van der Waals surface area (Å²) in [6.45, 7) is 4.19. The van der Waals surface area contributed by atoms with Crippen LogP contribution in [-0.2, 0) is 28.8 Å². The van der Waals surface area contributed by atoms with Gasteiger partial charge in [0.1, 0.15) is 11.9 Å². The highest BCUT2D eigenvalue weighted by Crippen LogP contribution is 2.29. The number of rotatable bonds is 3. The summed E-state index contributed by atoms with van der Waals surface area (Å²) in [4.78, 5) is 13.4. The van der Waals surface area contributed by atoms with Gasteiger partial charge in [-0.3, -0.25) is 9.69 Å². The maximum absolute atomic E-state index is 12.7. The summed E-state index contributed by atoms with van der Waals surface area (Å²) in [6, 6.07) is -0.519. The summed E-state index contributed by atoms with van der Waals surface area (Å²) in [5.41, 5.74) is 0. The van der Waals surface area contributed by atoms with Crippen molar-refractivity contribution < 1.29 is 22.7 Å². The fourth-order valence-electron chi connectivity index (χ4n) is 2.13. The first kappa shape index (κ1) is 14.8. The van der Waals surface area contributed by atoms with Gasteiger partial charge in [0.2, 0.25) is 5.82 Å². The molecule has 9 heteroatoms. The summed E-state index contributed by atoms with van der Waals surface area (Å²) in [5, 5.41) is 6.75. The van der Waals surface area contributed by atoms with E-state index in [0.29, 0.717) is 6.54 Å². The second-order valence-electron chi connectivity index (χ2n) is 4.49. The summed E-state index contributed by atoms with van der Waals surface area (Å²) < 4.78 is 44.0. The maximum Gasteiger partial charge on any atom is 0.451 e. The molecule has 1 unspecified atom stereocenters. The Hall–Kier alpha value is -1.64. The van der Waals surface area contributed by atoms with Gasteiger partial charge in [0.05, 0.1) is 13.2 Å². The molecule has 2 rings (SSSR count). The molecule has 0 N–H and O–H groups in total. The highest BCUT2D eigenvalue weighted by atomic mass is 19.4. The second-order valence-corrected chi connectivity index (χ2v) is 4.49. The van der Waals surface area contributed by atoms with Crippen molar-refractivity contribution in [3.8, 4) is 0 Å². The summed E-state index contributed by atoms with van der Waals surface area (Å²) >= 11 is 0. The number of hydrogen-bond donors (Lipinski definition) is 0. The molecule has 20 heavy (non-hydrogen) atoms. The lowest BCUT2D eigenvalue weighted by Gasteiger charge is -2.31. The number of carbonyl (C=O) groups excluding carboxylic acids is 1. The van der Waals surface area contributed by atoms with E-state index in [4.69, 9.17) is 4.74 Å². The summed E-state index contributed by atoms with van der Waals surface area (Å²) in [5.74, 6) is -1.17. The number of fused-ring (bicyclic) bond motifs is 1. The predicted octanol–water partition coefficient (Wildman–Crippen LogP) is 1.06. The Bertz CT molecular complexity index is 500. The summed E-state index contributed by atoms with van der Waals surface area (Å²) in [6.07, 6.45) is -4.51. The van der Waals surface area contributed by atoms with Gasteiger partial charge in [-0.25, -0.2) is 0 Å². The van der Waals surface area contributed by atoms with Crippen LogP contribution in [0.15, 0.2) is 0 Å². The molecule has 1 aliphatic heterocycles. The van der Waals surface area contributed by atoms with Gasteiger partial charge in [0.25, 0.3) is 0 Å². The molecule has 0 spiro atoms. The smallest absolute Gasteiger partial charge is 0.451 e. The van der Waals surface area contributed by atoms with Crippen LogP contribution in [0, 0.1) is 0 Å². The molecule has 0 saturated heterocycles. The molecule has 112 valence electrons. The molecular weight excluding hydrogens is 277 g/mol. The zero-order chi connectivity index (χ0) is 14.9. The first-order valence-corrected chi connectivity index (χ1v) is 6.24. The third-order valence-corrected chi connectivity index (χ3v) is 3.21. The van der Waals surface area contributed by atoms with Gasteiger partial charge in [-0.2, -0.15) is 13.2 Å². The Morgan fingerprint density at radius 2 is 2.10 bits per heavy atom. The third-order valence-electron chi connectivity index (χ3n) is 3.21. The largest absolute Gasteiger partial charge is 0.465 e. The fraction of sp³-hybridized carbons (Fsp3) is 0.727. The predicted molar refractivity (Wildman–Crippen MR) is 61.5 cm³/mol. The lowest BCUT2D eigenvalue weighted by Crippen LogP contribution is -2.45. The first-order valence-electron chi connectivity index (χ1n) is 6.24. The van der Waals surface area contributed by atoms with Crippen molar-refractivity contribution in [1.82, 2.24) is 19.7 Å². The second kappa shape index (κ2) is 5.39. The quantitative estimate of drug-likeness (QED) is 0.780. The maximum atomic E-state index is 12.7. The van der Waals surface area contributed by atoms with Gasteiger partial charge in [0, 0.05) is 13.1 Å². The number of hydrogen-bond acceptors (Lipinski definition) is 5. The van der Waals surface area contributed by atoms with Crippen molar-refractivity contribution in [3.63, 3.8) is 0 Å². The lowest BCUT2D eigenvalue weighted by atomic mass is 10.2. The van der Waals surface area contributed by atoms with Crippen molar-refractivity contribution in [2.75, 3.05) is 13.2 Å². The molecule has 0 amide bonds. The van der Waals surface area contributed by atoms with Crippen molar-refractivity contribution in [2.45, 2.75) is 39.2 Å². The number of esters is 1. The van der Waals surface area contributed by atoms with Crippen molar-refractivity contribution in [1.29, 1.82) is 0 Å². The van der Waals surface area contributed by atoms with Crippen molar-refractivity contribution in [3.05, 3.63) is 11.6 Å². The molecular formula is C11H15F3N4O2. The van der Waals surface area contributed by atoms with Crippen LogP contribution in [0.25, 0.3) is 0 Å². The van der Waals surface area contributed by atoms with E-state index in [-0.39, 0.29) is 25.5 Å². The zero-order valence-corrected chi connectivity index (χ0v) is 11.1. The Morgan fingerprint density at radius 3 is 2.70 bits per heavy atom. The fourth-order valence-corrected chi connectivity index (χ4v) is 2.13. The number of alkyl halides is 3. The molecule has 1 aliphatic rings. The Balaban J connectivity index is 2.13. The van der Waals surface area contributed by atoms with E-state index in [1.54, 1.807) is 18.7 Å². The molecule has 6 nitrogen and oxygen atoms in total. The number of nitrogens with zero attached hydrogens (tertiary/aromatic N) is 4. The van der Waals surface area contributed by atoms with Crippen LogP contribution >= 0.6 is 0 Å². The molecule has 0 aromatic carbocycles. The van der Waals surface area contributed by atoms with Crippen LogP contribution in [0.2, 0.25) is 0 Å². The molecule has 0 aliphatic carbocycles. The van der Waals surface area contributed by atoms with Crippen LogP contribution in [0.4, 0.5) is 13.2 Å². The first-order chi connectivity index (χ1) is 9.34. The van der Waals surface area contributed by atoms with E-state index >= 15 is 0 Å². The number of carbonyl (C=O) groups is 1. The molecule has 1 aromatic rings. The van der Waals surface area contributed by atoms with E-state index in [2.05, 4.69) is 10.2 Å². The van der Waals surface area contributed by atoms with Crippen LogP contribution in [-0.4, -0.2) is 44.8 Å².